The Balaban J connectivity index is 0.00000162. The average Bonchev–Trinajstić information content (AvgIpc) is 2.38. The molecule has 1 fully saturated rings. The summed E-state index contributed by atoms with van der Waals surface area (Å²) in [6.45, 7) is 5.93. The molecular weight excluding hydrogens is 341 g/mol. The third-order valence-electron chi connectivity index (χ3n) is 3.66. The average molecular weight is 367 g/mol. The number of nitrogens with zero attached hydrogens (tertiary/aromatic N) is 1. The summed E-state index contributed by atoms with van der Waals surface area (Å²) in [5.41, 5.74) is 0. The number of ether oxygens (including phenoxy) is 1. The molecule has 0 spiro atoms. The maximum Gasteiger partial charge on any atom is 0.191 e. The first-order chi connectivity index (χ1) is 8.36. The molecule has 2 N–H and O–H groups in total. The van der Waals surface area contributed by atoms with E-state index < -0.39 is 0 Å². The van der Waals surface area contributed by atoms with Gasteiger partial charge in [-0.05, 0) is 25.2 Å². The van der Waals surface area contributed by atoms with Gasteiger partial charge in [0.2, 0.25) is 0 Å². The zero-order chi connectivity index (χ0) is 11.9. The summed E-state index contributed by atoms with van der Waals surface area (Å²) >= 11 is 0. The normalized spacial score (nSPS) is 27.7. The van der Waals surface area contributed by atoms with E-state index in [0.717, 1.165) is 44.5 Å². The van der Waals surface area contributed by atoms with Crippen LogP contribution in [0.15, 0.2) is 4.99 Å². The van der Waals surface area contributed by atoms with Crippen molar-refractivity contribution in [2.75, 3.05) is 26.2 Å². The van der Waals surface area contributed by atoms with E-state index in [9.17, 15) is 0 Å². The van der Waals surface area contributed by atoms with Crippen molar-refractivity contribution < 1.29 is 4.74 Å². The Hall–Kier alpha value is -0.0400. The monoisotopic (exact) mass is 367 g/mol. The molecule has 0 aromatic rings. The Morgan fingerprint density at radius 1 is 1.33 bits per heavy atom. The Kier molecular flexibility index (Phi) is 7.97. The van der Waals surface area contributed by atoms with Crippen LogP contribution >= 0.6 is 24.0 Å². The van der Waals surface area contributed by atoms with E-state index in [1.54, 1.807) is 0 Å². The highest BCUT2D eigenvalue weighted by atomic mass is 127. The molecule has 4 nitrogen and oxygen atoms in total. The van der Waals surface area contributed by atoms with Gasteiger partial charge in [-0.15, -0.1) is 24.0 Å². The van der Waals surface area contributed by atoms with Crippen molar-refractivity contribution in [3.8, 4) is 0 Å². The van der Waals surface area contributed by atoms with Crippen molar-refractivity contribution in [2.45, 2.75) is 45.1 Å². The molecule has 1 aliphatic carbocycles. The molecule has 0 aromatic carbocycles. The van der Waals surface area contributed by atoms with Crippen LogP contribution < -0.4 is 10.6 Å². The van der Waals surface area contributed by atoms with E-state index in [4.69, 9.17) is 4.74 Å². The minimum atomic E-state index is 0. The highest BCUT2D eigenvalue weighted by Gasteiger charge is 2.21. The van der Waals surface area contributed by atoms with Crippen LogP contribution in [0.2, 0.25) is 0 Å². The Morgan fingerprint density at radius 2 is 2.17 bits per heavy atom. The van der Waals surface area contributed by atoms with E-state index in [2.05, 4.69) is 22.5 Å². The van der Waals surface area contributed by atoms with Gasteiger partial charge in [-0.25, -0.2) is 0 Å². The van der Waals surface area contributed by atoms with Gasteiger partial charge < -0.3 is 15.4 Å². The van der Waals surface area contributed by atoms with Crippen LogP contribution in [0.25, 0.3) is 0 Å². The molecule has 0 amide bonds. The minimum Gasteiger partial charge on any atom is -0.376 e. The zero-order valence-corrected chi connectivity index (χ0v) is 13.6. The maximum absolute atomic E-state index is 5.94. The number of hydrogen-bond donors (Lipinski definition) is 2. The molecule has 0 radical (unpaired) electrons. The molecule has 0 aromatic heterocycles. The van der Waals surface area contributed by atoms with Gasteiger partial charge in [-0.2, -0.15) is 0 Å². The second-order valence-electron chi connectivity index (χ2n) is 5.11. The predicted octanol–water partition coefficient (Wildman–Crippen LogP) is 2.14. The third kappa shape index (κ3) is 5.30. The standard InChI is InChI=1S/C13H25N3O.HI/c1-11-5-2-3-6-12(11)17-10-9-16-13-14-7-4-8-15-13;/h11-12H,2-10H2,1H3,(H2,14,15,16);1H. The summed E-state index contributed by atoms with van der Waals surface area (Å²) in [5.74, 6) is 1.67. The lowest BCUT2D eigenvalue weighted by molar-refractivity contribution is -0.00204. The van der Waals surface area contributed by atoms with Gasteiger partial charge in [0.15, 0.2) is 5.96 Å². The van der Waals surface area contributed by atoms with Crippen molar-refractivity contribution in [2.24, 2.45) is 10.9 Å². The maximum atomic E-state index is 5.94. The molecule has 1 aliphatic heterocycles. The summed E-state index contributed by atoms with van der Waals surface area (Å²) in [5, 5.41) is 6.54. The fraction of sp³-hybridized carbons (Fsp3) is 0.923. The Labute approximate surface area is 127 Å². The highest BCUT2D eigenvalue weighted by Crippen LogP contribution is 2.25. The van der Waals surface area contributed by atoms with Crippen molar-refractivity contribution in [1.29, 1.82) is 0 Å². The summed E-state index contributed by atoms with van der Waals surface area (Å²) in [6, 6.07) is 0. The van der Waals surface area contributed by atoms with Crippen LogP contribution in [0.1, 0.15) is 39.0 Å². The lowest BCUT2D eigenvalue weighted by atomic mass is 9.88. The van der Waals surface area contributed by atoms with E-state index in [1.807, 2.05) is 0 Å². The van der Waals surface area contributed by atoms with Gasteiger partial charge >= 0.3 is 0 Å². The summed E-state index contributed by atoms with van der Waals surface area (Å²) in [4.78, 5) is 4.37. The lowest BCUT2D eigenvalue weighted by Crippen LogP contribution is -2.42. The van der Waals surface area contributed by atoms with Crippen LogP contribution in [0.5, 0.6) is 0 Å². The van der Waals surface area contributed by atoms with Gasteiger partial charge in [-0.1, -0.05) is 19.8 Å². The SMILES string of the molecule is CC1CCCCC1OCCNC1=NCCCN1.I. The summed E-state index contributed by atoms with van der Waals surface area (Å²) in [7, 11) is 0. The Morgan fingerprint density at radius 3 is 2.89 bits per heavy atom. The second-order valence-corrected chi connectivity index (χ2v) is 5.11. The van der Waals surface area contributed by atoms with E-state index in [0.29, 0.717) is 6.10 Å². The first-order valence-corrected chi connectivity index (χ1v) is 7.00. The molecule has 2 rings (SSSR count). The number of halogens is 1. The van der Waals surface area contributed by atoms with E-state index in [-0.39, 0.29) is 24.0 Å². The predicted molar refractivity (Wildman–Crippen MR) is 85.7 cm³/mol. The highest BCUT2D eigenvalue weighted by molar-refractivity contribution is 14.0. The van der Waals surface area contributed by atoms with Crippen molar-refractivity contribution >= 4 is 29.9 Å². The largest absolute Gasteiger partial charge is 0.376 e. The van der Waals surface area contributed by atoms with Crippen molar-refractivity contribution in [3.63, 3.8) is 0 Å². The molecule has 5 heteroatoms. The van der Waals surface area contributed by atoms with Gasteiger partial charge in [0.05, 0.1) is 12.7 Å². The summed E-state index contributed by atoms with van der Waals surface area (Å²) < 4.78 is 5.94. The van der Waals surface area contributed by atoms with Crippen molar-refractivity contribution in [1.82, 2.24) is 10.6 Å². The molecule has 2 atom stereocenters. The van der Waals surface area contributed by atoms with Crippen LogP contribution in [-0.4, -0.2) is 38.3 Å². The second kappa shape index (κ2) is 8.96. The van der Waals surface area contributed by atoms with Gasteiger partial charge in [0.1, 0.15) is 0 Å². The number of hydrogen-bond acceptors (Lipinski definition) is 4. The molecule has 2 aliphatic rings. The van der Waals surface area contributed by atoms with Gasteiger partial charge in [-0.3, -0.25) is 4.99 Å². The quantitative estimate of drug-likeness (QED) is 0.591. The lowest BCUT2D eigenvalue weighted by Gasteiger charge is -2.28. The fourth-order valence-corrected chi connectivity index (χ4v) is 2.56. The van der Waals surface area contributed by atoms with Crippen molar-refractivity contribution in [3.05, 3.63) is 0 Å². The number of aliphatic imine (C=N–C) groups is 1. The first-order valence-electron chi connectivity index (χ1n) is 7.00. The van der Waals surface area contributed by atoms with E-state index in [1.165, 1.54) is 25.7 Å². The topological polar surface area (TPSA) is 45.6 Å². The molecule has 0 saturated heterocycles. The summed E-state index contributed by atoms with van der Waals surface area (Å²) in [6.07, 6.45) is 6.89. The van der Waals surface area contributed by atoms with Crippen LogP contribution in [0.4, 0.5) is 0 Å². The molecule has 1 heterocycles. The smallest absolute Gasteiger partial charge is 0.191 e. The third-order valence-corrected chi connectivity index (χ3v) is 3.66. The van der Waals surface area contributed by atoms with Crippen LogP contribution in [-0.2, 0) is 4.74 Å². The Bertz CT molecular complexity index is 261. The van der Waals surface area contributed by atoms with Crippen LogP contribution in [0, 0.1) is 5.92 Å². The zero-order valence-electron chi connectivity index (χ0n) is 11.3. The number of nitrogens with one attached hydrogen (secondary N) is 2. The van der Waals surface area contributed by atoms with Gasteiger partial charge in [0, 0.05) is 19.6 Å². The number of guanidine groups is 1. The van der Waals surface area contributed by atoms with Crippen LogP contribution in [0.3, 0.4) is 0 Å². The first kappa shape index (κ1) is 16.0. The number of rotatable bonds is 4. The van der Waals surface area contributed by atoms with Gasteiger partial charge in [0.25, 0.3) is 0 Å². The molecule has 1 saturated carbocycles. The van der Waals surface area contributed by atoms with E-state index >= 15 is 0 Å². The minimum absolute atomic E-state index is 0. The molecular formula is C13H26IN3O. The molecule has 18 heavy (non-hydrogen) atoms. The molecule has 0 bridgehead atoms. The molecule has 2 unspecified atom stereocenters. The molecule has 106 valence electrons. The fourth-order valence-electron chi connectivity index (χ4n) is 2.56.